The first-order valence-corrected chi connectivity index (χ1v) is 5.69. The average molecular weight is 188 g/mol. The molecule has 0 bridgehead atoms. The Morgan fingerprint density at radius 1 is 1.60 bits per heavy atom. The monoisotopic (exact) mass is 188 g/mol. The van der Waals surface area contributed by atoms with Crippen LogP contribution in [0.5, 0.6) is 0 Å². The van der Waals surface area contributed by atoms with Crippen LogP contribution in [0.4, 0.5) is 0 Å². The molecule has 1 N–H and O–H groups in total. The maximum atomic E-state index is 10.3. The van der Waals surface area contributed by atoms with E-state index in [4.69, 9.17) is 4.89 Å². The molecular formula is C3H9O5PS. The smallest absolute Gasteiger partial charge is 0.265 e. The normalized spacial score (nSPS) is 18.3. The quantitative estimate of drug-likeness (QED) is 0.489. The molecule has 0 fully saturated rings. The summed E-state index contributed by atoms with van der Waals surface area (Å²) in [5.41, 5.74) is 0. The molecule has 62 valence electrons. The van der Waals surface area contributed by atoms with Gasteiger partial charge in [0.05, 0.1) is 6.26 Å². The van der Waals surface area contributed by atoms with E-state index in [0.717, 1.165) is 6.26 Å². The summed E-state index contributed by atoms with van der Waals surface area (Å²) in [5.74, 6) is -1.13. The zero-order valence-corrected chi connectivity index (χ0v) is 7.38. The zero-order valence-electron chi connectivity index (χ0n) is 5.57. The summed E-state index contributed by atoms with van der Waals surface area (Å²) < 4.78 is 34.9. The third kappa shape index (κ3) is 4.93. The lowest BCUT2D eigenvalue weighted by atomic mass is 10.9. The van der Waals surface area contributed by atoms with Crippen molar-refractivity contribution in [3.8, 4) is 0 Å². The van der Waals surface area contributed by atoms with Crippen LogP contribution < -0.4 is 0 Å². The van der Waals surface area contributed by atoms with Crippen molar-refractivity contribution < 1.29 is 22.1 Å². The van der Waals surface area contributed by atoms with E-state index in [1.807, 2.05) is 0 Å². The second kappa shape index (κ2) is 3.48. The molecule has 7 heteroatoms. The fraction of sp³-hybridized carbons (Fsp3) is 1.00. The van der Waals surface area contributed by atoms with Gasteiger partial charge in [-0.1, -0.05) is 0 Å². The van der Waals surface area contributed by atoms with Crippen LogP contribution in [0.1, 0.15) is 6.92 Å². The van der Waals surface area contributed by atoms with Crippen molar-refractivity contribution in [3.05, 3.63) is 0 Å². The Bertz CT molecular complexity index is 219. The first-order valence-electron chi connectivity index (χ1n) is 2.44. The lowest BCUT2D eigenvalue weighted by Gasteiger charge is -2.05. The van der Waals surface area contributed by atoms with Crippen molar-refractivity contribution in [2.24, 2.45) is 0 Å². The molecule has 0 saturated carbocycles. The molecule has 0 rings (SSSR count). The first-order chi connectivity index (χ1) is 4.33. The van der Waals surface area contributed by atoms with Crippen molar-refractivity contribution in [1.82, 2.24) is 0 Å². The Morgan fingerprint density at radius 2 is 2.00 bits per heavy atom. The largest absolute Gasteiger partial charge is 0.345 e. The summed E-state index contributed by atoms with van der Waals surface area (Å²) in [6, 6.07) is 0. The van der Waals surface area contributed by atoms with Crippen LogP contribution in [-0.2, 0) is 18.9 Å². The van der Waals surface area contributed by atoms with Gasteiger partial charge >= 0.3 is 0 Å². The summed E-state index contributed by atoms with van der Waals surface area (Å²) in [7, 11) is -6.50. The summed E-state index contributed by atoms with van der Waals surface area (Å²) in [6.07, 6.45) is 0.828. The molecule has 0 spiro atoms. The molecule has 0 aliphatic heterocycles. The van der Waals surface area contributed by atoms with Crippen LogP contribution >= 0.6 is 8.03 Å². The highest BCUT2D eigenvalue weighted by Gasteiger charge is 2.13. The Hall–Kier alpha value is 0.1000. The third-order valence-electron chi connectivity index (χ3n) is 0.667. The van der Waals surface area contributed by atoms with Gasteiger partial charge in [0.1, 0.15) is 5.85 Å². The highest BCUT2D eigenvalue weighted by molar-refractivity contribution is 7.86. The number of hydrogen-bond donors (Lipinski definition) is 1. The molecule has 0 heterocycles. The van der Waals surface area contributed by atoms with Crippen LogP contribution in [-0.4, -0.2) is 25.4 Å². The van der Waals surface area contributed by atoms with Crippen molar-refractivity contribution in [2.75, 3.05) is 6.26 Å². The molecule has 0 aliphatic rings. The minimum atomic E-state index is -3.60. The van der Waals surface area contributed by atoms with E-state index in [1.165, 1.54) is 6.92 Å². The van der Waals surface area contributed by atoms with Crippen molar-refractivity contribution in [3.63, 3.8) is 0 Å². The van der Waals surface area contributed by atoms with Crippen molar-refractivity contribution in [1.29, 1.82) is 0 Å². The van der Waals surface area contributed by atoms with Gasteiger partial charge in [0.25, 0.3) is 10.1 Å². The van der Waals surface area contributed by atoms with Gasteiger partial charge in [0, 0.05) is 0 Å². The lowest BCUT2D eigenvalue weighted by Crippen LogP contribution is -2.09. The molecule has 0 aromatic heterocycles. The first kappa shape index (κ1) is 10.1. The van der Waals surface area contributed by atoms with Crippen LogP contribution in [0, 0.1) is 0 Å². The number of hydrogen-bond acceptors (Lipinski definition) is 4. The van der Waals surface area contributed by atoms with Crippen molar-refractivity contribution >= 4 is 18.1 Å². The summed E-state index contributed by atoms with van der Waals surface area (Å²) in [4.78, 5) is 8.34. The van der Waals surface area contributed by atoms with E-state index in [1.54, 1.807) is 0 Å². The standard InChI is InChI=1S/C3H9O5PS/c1-3(9(4)5)8-10(2,6)7/h3,9H,1-2H3,(H,4,5). The molecule has 0 aromatic carbocycles. The zero-order chi connectivity index (χ0) is 8.36. The number of rotatable bonds is 3. The van der Waals surface area contributed by atoms with Crippen LogP contribution in [0.25, 0.3) is 0 Å². The highest BCUT2D eigenvalue weighted by atomic mass is 32.2. The van der Waals surface area contributed by atoms with Gasteiger partial charge < -0.3 is 4.89 Å². The Labute approximate surface area is 60.0 Å². The predicted octanol–water partition coefficient (Wildman–Crippen LogP) is -0.224. The van der Waals surface area contributed by atoms with Gasteiger partial charge in [0.2, 0.25) is 8.03 Å². The van der Waals surface area contributed by atoms with Gasteiger partial charge in [0.15, 0.2) is 0 Å². The van der Waals surface area contributed by atoms with Crippen LogP contribution in [0.15, 0.2) is 0 Å². The van der Waals surface area contributed by atoms with Gasteiger partial charge in [-0.25, -0.2) is 0 Å². The maximum Gasteiger partial charge on any atom is 0.265 e. The van der Waals surface area contributed by atoms with Gasteiger partial charge in [-0.05, 0) is 6.92 Å². The van der Waals surface area contributed by atoms with Gasteiger partial charge in [-0.2, -0.15) is 8.42 Å². The molecule has 0 radical (unpaired) electrons. The maximum absolute atomic E-state index is 10.3. The van der Waals surface area contributed by atoms with Crippen LogP contribution in [0.3, 0.4) is 0 Å². The Kier molecular flexibility index (Phi) is 3.51. The molecular weight excluding hydrogens is 179 g/mol. The molecule has 0 aliphatic carbocycles. The summed E-state index contributed by atoms with van der Waals surface area (Å²) in [5, 5.41) is 0. The van der Waals surface area contributed by atoms with E-state index in [-0.39, 0.29) is 0 Å². The summed E-state index contributed by atoms with van der Waals surface area (Å²) in [6.45, 7) is 1.22. The molecule has 0 aromatic rings. The molecule has 10 heavy (non-hydrogen) atoms. The van der Waals surface area contributed by atoms with E-state index >= 15 is 0 Å². The SMILES string of the molecule is CC(OS(C)(=O)=O)[PH](=O)O. The third-order valence-corrected chi connectivity index (χ3v) is 2.29. The molecule has 2 unspecified atom stereocenters. The fourth-order valence-corrected chi connectivity index (χ4v) is 1.68. The van der Waals surface area contributed by atoms with Gasteiger partial charge in [-0.3, -0.25) is 8.75 Å². The predicted molar refractivity (Wildman–Crippen MR) is 36.6 cm³/mol. The molecule has 0 saturated heterocycles. The van der Waals surface area contributed by atoms with E-state index in [2.05, 4.69) is 4.18 Å². The van der Waals surface area contributed by atoms with E-state index < -0.39 is 24.0 Å². The minimum Gasteiger partial charge on any atom is -0.345 e. The average Bonchev–Trinajstić information content (AvgIpc) is 1.60. The second-order valence-corrected chi connectivity index (χ2v) is 4.87. The van der Waals surface area contributed by atoms with Gasteiger partial charge in [-0.15, -0.1) is 0 Å². The van der Waals surface area contributed by atoms with Crippen molar-refractivity contribution in [2.45, 2.75) is 12.8 Å². The highest BCUT2D eigenvalue weighted by Crippen LogP contribution is 2.23. The fourth-order valence-electron chi connectivity index (χ4n) is 0.303. The second-order valence-electron chi connectivity index (χ2n) is 1.78. The molecule has 2 atom stereocenters. The Morgan fingerprint density at radius 3 is 2.10 bits per heavy atom. The lowest BCUT2D eigenvalue weighted by molar-refractivity contribution is 0.286. The Balaban J connectivity index is 4.06. The topological polar surface area (TPSA) is 80.7 Å². The van der Waals surface area contributed by atoms with E-state index in [0.29, 0.717) is 0 Å². The molecule has 0 amide bonds. The summed E-state index contributed by atoms with van der Waals surface area (Å²) >= 11 is 0. The molecule has 5 nitrogen and oxygen atoms in total. The minimum absolute atomic E-state index is 0.828. The van der Waals surface area contributed by atoms with Crippen LogP contribution in [0.2, 0.25) is 0 Å². The van der Waals surface area contributed by atoms with E-state index in [9.17, 15) is 13.0 Å².